The molecule has 0 bridgehead atoms. The topological polar surface area (TPSA) is 95.2 Å². The zero-order valence-electron chi connectivity index (χ0n) is 20.0. The fourth-order valence-electron chi connectivity index (χ4n) is 4.35. The lowest BCUT2D eigenvalue weighted by Gasteiger charge is -2.34. The Morgan fingerprint density at radius 3 is 2.54 bits per heavy atom. The number of hydrogen-bond donors (Lipinski definition) is 2. The molecule has 188 valence electrons. The molecule has 1 aliphatic rings. The van der Waals surface area contributed by atoms with Crippen LogP contribution in [0.3, 0.4) is 0 Å². The molecule has 0 aliphatic carbocycles. The normalized spacial score (nSPS) is 17.5. The number of alkyl halides is 3. The van der Waals surface area contributed by atoms with Gasteiger partial charge >= 0.3 is 6.18 Å². The third kappa shape index (κ3) is 4.52. The van der Waals surface area contributed by atoms with Crippen LogP contribution in [-0.4, -0.2) is 45.9 Å². The molecule has 0 spiro atoms. The molecule has 3 heterocycles. The van der Waals surface area contributed by atoms with Gasteiger partial charge in [0.2, 0.25) is 0 Å². The lowest BCUT2D eigenvalue weighted by molar-refractivity contribution is -0.173. The molecule has 9 nitrogen and oxygen atoms in total. The Hall–Kier alpha value is -3.70. The van der Waals surface area contributed by atoms with Crippen molar-refractivity contribution in [3.8, 4) is 11.5 Å². The number of fused-ring (bicyclic) bond motifs is 1. The molecule has 12 heteroatoms. The number of methoxy groups -OCH3 is 2. The minimum Gasteiger partial charge on any atom is -0.493 e. The highest BCUT2D eigenvalue weighted by molar-refractivity contribution is 5.98. The maximum Gasteiger partial charge on any atom is 0.410 e. The Bertz CT molecular complexity index is 1250. The number of carbonyl (C=O) groups is 1. The monoisotopic (exact) mass is 492 g/mol. The van der Waals surface area contributed by atoms with E-state index in [1.54, 1.807) is 29.9 Å². The first-order chi connectivity index (χ1) is 16.5. The van der Waals surface area contributed by atoms with Gasteiger partial charge in [0.25, 0.3) is 5.91 Å². The van der Waals surface area contributed by atoms with Crippen molar-refractivity contribution in [1.29, 1.82) is 0 Å². The summed E-state index contributed by atoms with van der Waals surface area (Å²) in [6.45, 7) is 3.91. The van der Waals surface area contributed by atoms with Gasteiger partial charge in [-0.2, -0.15) is 23.4 Å². The van der Waals surface area contributed by atoms with Gasteiger partial charge in [-0.25, -0.2) is 4.68 Å². The molecule has 1 aromatic carbocycles. The predicted molar refractivity (Wildman–Crippen MR) is 122 cm³/mol. The maximum atomic E-state index is 14.0. The highest BCUT2D eigenvalue weighted by atomic mass is 19.4. The average molecular weight is 493 g/mol. The van der Waals surface area contributed by atoms with E-state index in [9.17, 15) is 18.0 Å². The van der Waals surface area contributed by atoms with E-state index in [-0.39, 0.29) is 24.3 Å². The second-order valence-corrected chi connectivity index (χ2v) is 8.41. The first-order valence-corrected chi connectivity index (χ1v) is 10.9. The van der Waals surface area contributed by atoms with Crippen LogP contribution >= 0.6 is 0 Å². The lowest BCUT2D eigenvalue weighted by atomic mass is 9.96. The van der Waals surface area contributed by atoms with E-state index in [0.717, 1.165) is 27.8 Å². The number of aryl methyl sites for hydroxylation is 2. The Balaban J connectivity index is 1.65. The highest BCUT2D eigenvalue weighted by Crippen LogP contribution is 2.45. The second-order valence-electron chi connectivity index (χ2n) is 8.41. The minimum atomic E-state index is -4.56. The van der Waals surface area contributed by atoms with Gasteiger partial charge in [0.1, 0.15) is 11.4 Å². The van der Waals surface area contributed by atoms with Crippen molar-refractivity contribution < 1.29 is 27.4 Å². The Kier molecular flexibility index (Phi) is 6.39. The van der Waals surface area contributed by atoms with Crippen molar-refractivity contribution in [2.45, 2.75) is 45.1 Å². The number of rotatable bonds is 6. The van der Waals surface area contributed by atoms with E-state index < -0.39 is 24.2 Å². The molecule has 1 amide bonds. The van der Waals surface area contributed by atoms with E-state index in [1.807, 2.05) is 13.8 Å². The third-order valence-electron chi connectivity index (χ3n) is 6.38. The molecule has 2 unspecified atom stereocenters. The van der Waals surface area contributed by atoms with Crippen molar-refractivity contribution in [3.05, 3.63) is 52.5 Å². The largest absolute Gasteiger partial charge is 0.493 e. The SMILES string of the molecule is COc1ccc(C2CC(C(F)(F)F)n3ncc(C(=O)NCc4c(C)nn(C)c4C)c3N2)cc1OC. The van der Waals surface area contributed by atoms with Gasteiger partial charge in [0.05, 0.1) is 32.2 Å². The van der Waals surface area contributed by atoms with Gasteiger partial charge in [0.15, 0.2) is 17.5 Å². The summed E-state index contributed by atoms with van der Waals surface area (Å²) in [5.74, 6) is 0.339. The van der Waals surface area contributed by atoms with Crippen LogP contribution in [0.4, 0.5) is 19.0 Å². The van der Waals surface area contributed by atoms with Crippen LogP contribution in [0.1, 0.15) is 51.4 Å². The van der Waals surface area contributed by atoms with Crippen molar-refractivity contribution in [2.75, 3.05) is 19.5 Å². The van der Waals surface area contributed by atoms with E-state index in [4.69, 9.17) is 9.47 Å². The van der Waals surface area contributed by atoms with Crippen LogP contribution in [0.5, 0.6) is 11.5 Å². The van der Waals surface area contributed by atoms with Crippen LogP contribution in [0.2, 0.25) is 0 Å². The van der Waals surface area contributed by atoms with Crippen LogP contribution in [-0.2, 0) is 13.6 Å². The molecule has 3 aromatic rings. The van der Waals surface area contributed by atoms with Gasteiger partial charge in [-0.3, -0.25) is 9.48 Å². The smallest absolute Gasteiger partial charge is 0.410 e. The molecular weight excluding hydrogens is 465 g/mol. The summed E-state index contributed by atoms with van der Waals surface area (Å²) >= 11 is 0. The first kappa shape index (κ1) is 24.4. The van der Waals surface area contributed by atoms with Crippen molar-refractivity contribution >= 4 is 11.7 Å². The molecule has 2 atom stereocenters. The number of hydrogen-bond acceptors (Lipinski definition) is 6. The van der Waals surface area contributed by atoms with Crippen molar-refractivity contribution in [1.82, 2.24) is 24.9 Å². The van der Waals surface area contributed by atoms with E-state index in [0.29, 0.717) is 17.1 Å². The lowest BCUT2D eigenvalue weighted by Crippen LogP contribution is -2.36. The number of benzene rings is 1. The van der Waals surface area contributed by atoms with E-state index >= 15 is 0 Å². The molecule has 4 rings (SSSR count). The zero-order valence-corrected chi connectivity index (χ0v) is 20.0. The molecule has 0 fully saturated rings. The molecule has 0 saturated heterocycles. The zero-order chi connectivity index (χ0) is 25.5. The molecule has 2 aromatic heterocycles. The number of aromatic nitrogens is 4. The molecule has 2 N–H and O–H groups in total. The quantitative estimate of drug-likeness (QED) is 0.543. The van der Waals surface area contributed by atoms with Crippen LogP contribution in [0.15, 0.2) is 24.4 Å². The summed E-state index contributed by atoms with van der Waals surface area (Å²) in [5.41, 5.74) is 3.11. The van der Waals surface area contributed by atoms with Gasteiger partial charge in [-0.15, -0.1) is 0 Å². The fraction of sp³-hybridized carbons (Fsp3) is 0.435. The number of amides is 1. The molecule has 1 aliphatic heterocycles. The number of anilines is 1. The Morgan fingerprint density at radius 2 is 1.94 bits per heavy atom. The van der Waals surface area contributed by atoms with Crippen molar-refractivity contribution in [3.63, 3.8) is 0 Å². The van der Waals surface area contributed by atoms with Gasteiger partial charge in [0, 0.05) is 31.3 Å². The van der Waals surface area contributed by atoms with Gasteiger partial charge in [-0.1, -0.05) is 6.07 Å². The van der Waals surface area contributed by atoms with Crippen molar-refractivity contribution in [2.24, 2.45) is 7.05 Å². The summed E-state index contributed by atoms with van der Waals surface area (Å²) in [6.07, 6.45) is -3.70. The minimum absolute atomic E-state index is 0.00971. The van der Waals surface area contributed by atoms with Crippen LogP contribution in [0, 0.1) is 13.8 Å². The number of nitrogens with zero attached hydrogens (tertiary/aromatic N) is 4. The van der Waals surface area contributed by atoms with E-state index in [2.05, 4.69) is 20.8 Å². The Labute approximate surface area is 200 Å². The average Bonchev–Trinajstić information content (AvgIpc) is 3.35. The van der Waals surface area contributed by atoms with Gasteiger partial charge < -0.3 is 20.1 Å². The summed E-state index contributed by atoms with van der Waals surface area (Å²) in [6, 6.07) is 2.30. The second kappa shape index (κ2) is 9.16. The summed E-state index contributed by atoms with van der Waals surface area (Å²) in [5, 5.41) is 14.1. The standard InChI is InChI=1S/C23H27F3N6O3/c1-12-15(13(2)31(3)30-12)10-27-22(33)16-11-28-32-20(23(24,25)26)9-17(29-21(16)32)14-6-7-18(34-4)19(8-14)35-5/h6-8,11,17,20,29H,9-10H2,1-5H3,(H,27,33). The first-order valence-electron chi connectivity index (χ1n) is 10.9. The number of nitrogens with one attached hydrogen (secondary N) is 2. The van der Waals surface area contributed by atoms with E-state index in [1.165, 1.54) is 14.2 Å². The van der Waals surface area contributed by atoms with Crippen LogP contribution < -0.4 is 20.1 Å². The highest BCUT2D eigenvalue weighted by Gasteiger charge is 2.47. The predicted octanol–water partition coefficient (Wildman–Crippen LogP) is 3.84. The molecule has 35 heavy (non-hydrogen) atoms. The third-order valence-corrected chi connectivity index (χ3v) is 6.38. The Morgan fingerprint density at radius 1 is 1.23 bits per heavy atom. The van der Waals surface area contributed by atoms with Crippen LogP contribution in [0.25, 0.3) is 0 Å². The number of carbonyl (C=O) groups excluding carboxylic acids is 1. The number of halogens is 3. The summed E-state index contributed by atoms with van der Waals surface area (Å²) in [4.78, 5) is 13.0. The summed E-state index contributed by atoms with van der Waals surface area (Å²) < 4.78 is 55.1. The molecule has 0 saturated carbocycles. The van der Waals surface area contributed by atoms with Gasteiger partial charge in [-0.05, 0) is 31.5 Å². The number of ether oxygens (including phenoxy) is 2. The molecular formula is C23H27F3N6O3. The fourth-order valence-corrected chi connectivity index (χ4v) is 4.35. The summed E-state index contributed by atoms with van der Waals surface area (Å²) in [7, 11) is 4.74. The molecule has 0 radical (unpaired) electrons. The maximum absolute atomic E-state index is 14.0.